The number of halogens is 1. The summed E-state index contributed by atoms with van der Waals surface area (Å²) in [4.78, 5) is 28.2. The smallest absolute Gasteiger partial charge is 0.378 e. The molecule has 2 aromatic rings. The highest BCUT2D eigenvalue weighted by Crippen LogP contribution is 2.19. The molecule has 18 heavy (non-hydrogen) atoms. The first kappa shape index (κ1) is 12.0. The Morgan fingerprint density at radius 3 is 2.72 bits per heavy atom. The number of hydrogen-bond acceptors (Lipinski definition) is 3. The number of ketones is 1. The van der Waals surface area contributed by atoms with Crippen LogP contribution in [0.2, 0.25) is 0 Å². The second kappa shape index (κ2) is 4.40. The van der Waals surface area contributed by atoms with Gasteiger partial charge in [0, 0.05) is 5.56 Å². The zero-order valence-electron chi connectivity index (χ0n) is 9.40. The third-order valence-corrected chi connectivity index (χ3v) is 2.45. The maximum atomic E-state index is 13.1. The van der Waals surface area contributed by atoms with Crippen LogP contribution >= 0.6 is 0 Å². The Hall–Kier alpha value is -2.50. The fourth-order valence-electron chi connectivity index (χ4n) is 1.49. The number of aromatic amines is 1. The summed E-state index contributed by atoms with van der Waals surface area (Å²) in [5.41, 5.74) is 0.910. The van der Waals surface area contributed by atoms with Gasteiger partial charge in [-0.25, -0.2) is 14.2 Å². The number of aromatic nitrogens is 2. The summed E-state index contributed by atoms with van der Waals surface area (Å²) in [5, 5.41) is 8.55. The van der Waals surface area contributed by atoms with Crippen molar-refractivity contribution in [3.8, 4) is 11.4 Å². The van der Waals surface area contributed by atoms with E-state index in [4.69, 9.17) is 5.11 Å². The molecule has 1 heterocycles. The lowest BCUT2D eigenvalue weighted by atomic mass is 10.1. The Balaban J connectivity index is 2.38. The molecule has 2 N–H and O–H groups in total. The number of aryl methyl sites for hydroxylation is 1. The van der Waals surface area contributed by atoms with E-state index < -0.39 is 11.8 Å². The van der Waals surface area contributed by atoms with Crippen molar-refractivity contribution in [2.75, 3.05) is 0 Å². The van der Waals surface area contributed by atoms with E-state index in [0.717, 1.165) is 6.20 Å². The molecule has 1 aromatic heterocycles. The van der Waals surface area contributed by atoms with E-state index >= 15 is 0 Å². The number of rotatable bonds is 3. The third-order valence-electron chi connectivity index (χ3n) is 2.45. The minimum Gasteiger partial charge on any atom is -0.475 e. The summed E-state index contributed by atoms with van der Waals surface area (Å²) < 4.78 is 13.1. The molecule has 0 aliphatic rings. The number of carboxylic acid groups (broad SMARTS) is 1. The lowest BCUT2D eigenvalue weighted by Gasteiger charge is -2.00. The Bertz CT molecular complexity index is 634. The van der Waals surface area contributed by atoms with Gasteiger partial charge in [-0.3, -0.25) is 4.79 Å². The first-order chi connectivity index (χ1) is 8.49. The molecule has 6 heteroatoms. The number of carbonyl (C=O) groups excluding carboxylic acids is 1. The normalized spacial score (nSPS) is 10.3. The molecule has 0 bridgehead atoms. The molecule has 0 amide bonds. The highest BCUT2D eigenvalue weighted by atomic mass is 19.1. The summed E-state index contributed by atoms with van der Waals surface area (Å²) in [7, 11) is 0. The number of aliphatic carboxylic acids is 1. The maximum absolute atomic E-state index is 13.1. The summed E-state index contributed by atoms with van der Waals surface area (Å²) in [5.74, 6) is -2.64. The largest absolute Gasteiger partial charge is 0.475 e. The van der Waals surface area contributed by atoms with E-state index in [1.165, 1.54) is 12.1 Å². The van der Waals surface area contributed by atoms with Crippen LogP contribution in [0.1, 0.15) is 16.1 Å². The van der Waals surface area contributed by atoms with Crippen molar-refractivity contribution >= 4 is 11.8 Å². The molecule has 0 spiro atoms. The molecule has 0 aliphatic heterocycles. The zero-order valence-corrected chi connectivity index (χ0v) is 9.40. The molecule has 0 saturated heterocycles. The van der Waals surface area contributed by atoms with Crippen molar-refractivity contribution in [3.05, 3.63) is 41.5 Å². The van der Waals surface area contributed by atoms with Gasteiger partial charge in [-0.2, -0.15) is 0 Å². The highest BCUT2D eigenvalue weighted by molar-refractivity contribution is 6.39. The first-order valence-electron chi connectivity index (χ1n) is 5.08. The average Bonchev–Trinajstić information content (AvgIpc) is 2.81. The number of benzene rings is 1. The van der Waals surface area contributed by atoms with Crippen molar-refractivity contribution in [2.24, 2.45) is 0 Å². The van der Waals surface area contributed by atoms with Gasteiger partial charge in [-0.05, 0) is 30.7 Å². The highest BCUT2D eigenvalue weighted by Gasteiger charge is 2.17. The molecule has 0 saturated carbocycles. The van der Waals surface area contributed by atoms with Crippen molar-refractivity contribution in [3.63, 3.8) is 0 Å². The fourth-order valence-corrected chi connectivity index (χ4v) is 1.49. The molecule has 0 atom stereocenters. The third kappa shape index (κ3) is 2.13. The molecular weight excluding hydrogens is 239 g/mol. The minimum absolute atomic E-state index is 0.112. The van der Waals surface area contributed by atoms with Crippen molar-refractivity contribution in [1.82, 2.24) is 9.97 Å². The van der Waals surface area contributed by atoms with Crippen molar-refractivity contribution < 1.29 is 19.1 Å². The van der Waals surface area contributed by atoms with Gasteiger partial charge in [0.2, 0.25) is 0 Å². The maximum Gasteiger partial charge on any atom is 0.378 e. The summed E-state index contributed by atoms with van der Waals surface area (Å²) in [6.45, 7) is 1.60. The van der Waals surface area contributed by atoms with E-state index in [2.05, 4.69) is 9.97 Å². The van der Waals surface area contributed by atoms with Gasteiger partial charge in [0.05, 0.1) is 6.20 Å². The van der Waals surface area contributed by atoms with Crippen LogP contribution in [0.25, 0.3) is 11.4 Å². The molecule has 5 nitrogen and oxygen atoms in total. The Morgan fingerprint density at radius 2 is 2.11 bits per heavy atom. The van der Waals surface area contributed by atoms with Crippen LogP contribution in [0.3, 0.4) is 0 Å². The lowest BCUT2D eigenvalue weighted by Crippen LogP contribution is -2.12. The van der Waals surface area contributed by atoms with Gasteiger partial charge in [-0.15, -0.1) is 0 Å². The Morgan fingerprint density at radius 1 is 1.39 bits per heavy atom. The Labute approximate surface area is 101 Å². The van der Waals surface area contributed by atoms with Crippen LogP contribution in [0.15, 0.2) is 24.4 Å². The number of imidazole rings is 1. The van der Waals surface area contributed by atoms with Crippen molar-refractivity contribution in [2.45, 2.75) is 6.92 Å². The number of H-pyrrole nitrogens is 1. The Kier molecular flexibility index (Phi) is 2.93. The van der Waals surface area contributed by atoms with Gasteiger partial charge >= 0.3 is 5.97 Å². The van der Waals surface area contributed by atoms with Crippen LogP contribution in [-0.2, 0) is 4.79 Å². The number of nitrogens with one attached hydrogen (secondary N) is 1. The van der Waals surface area contributed by atoms with Crippen LogP contribution in [0.5, 0.6) is 0 Å². The molecule has 2 rings (SSSR count). The summed E-state index contributed by atoms with van der Waals surface area (Å²) in [6.07, 6.45) is 1.14. The van der Waals surface area contributed by atoms with Crippen LogP contribution in [-0.4, -0.2) is 26.8 Å². The molecule has 0 unspecified atom stereocenters. The zero-order chi connectivity index (χ0) is 13.3. The first-order valence-corrected chi connectivity index (χ1v) is 5.08. The van der Waals surface area contributed by atoms with Crippen LogP contribution < -0.4 is 0 Å². The van der Waals surface area contributed by atoms with Crippen LogP contribution in [0.4, 0.5) is 4.39 Å². The van der Waals surface area contributed by atoms with Crippen molar-refractivity contribution in [1.29, 1.82) is 0 Å². The van der Waals surface area contributed by atoms with E-state index in [1.807, 2.05) is 0 Å². The van der Waals surface area contributed by atoms with E-state index in [0.29, 0.717) is 17.0 Å². The van der Waals surface area contributed by atoms with Gasteiger partial charge in [-0.1, -0.05) is 0 Å². The predicted molar refractivity (Wildman–Crippen MR) is 60.7 cm³/mol. The van der Waals surface area contributed by atoms with Gasteiger partial charge in [0.15, 0.2) is 0 Å². The minimum atomic E-state index is -1.56. The fraction of sp³-hybridized carbons (Fsp3) is 0.0833. The topological polar surface area (TPSA) is 83.1 Å². The quantitative estimate of drug-likeness (QED) is 0.640. The van der Waals surface area contributed by atoms with E-state index in [-0.39, 0.29) is 11.5 Å². The second-order valence-corrected chi connectivity index (χ2v) is 3.74. The molecule has 0 aliphatic carbocycles. The lowest BCUT2D eigenvalue weighted by molar-refractivity contribution is -0.131. The number of carbonyl (C=O) groups is 2. The van der Waals surface area contributed by atoms with Gasteiger partial charge < -0.3 is 10.1 Å². The van der Waals surface area contributed by atoms with E-state index in [9.17, 15) is 14.0 Å². The number of hydrogen-bond donors (Lipinski definition) is 2. The van der Waals surface area contributed by atoms with Gasteiger partial charge in [0.25, 0.3) is 5.78 Å². The SMILES string of the molecule is Cc1cc(-c2ncc(C(=O)C(=O)O)[nH]2)ccc1F. The number of nitrogens with zero attached hydrogens (tertiary/aromatic N) is 1. The molecular formula is C12H9FN2O3. The summed E-state index contributed by atoms with van der Waals surface area (Å²) >= 11 is 0. The number of carboxylic acids is 1. The average molecular weight is 248 g/mol. The van der Waals surface area contributed by atoms with Crippen LogP contribution in [0, 0.1) is 12.7 Å². The summed E-state index contributed by atoms with van der Waals surface area (Å²) in [6, 6.07) is 4.34. The molecule has 1 aromatic carbocycles. The standard InChI is InChI=1S/C12H9FN2O3/c1-6-4-7(2-3-8(6)13)11-14-5-9(15-11)10(16)12(17)18/h2-5H,1H3,(H,14,15)(H,17,18). The number of Topliss-reactive ketones (excluding diaryl/α,β-unsaturated/α-hetero) is 1. The molecule has 0 fully saturated rings. The molecule has 0 radical (unpaired) electrons. The van der Waals surface area contributed by atoms with Gasteiger partial charge in [0.1, 0.15) is 17.3 Å². The molecule has 92 valence electrons. The van der Waals surface area contributed by atoms with E-state index in [1.54, 1.807) is 13.0 Å². The second-order valence-electron chi connectivity index (χ2n) is 3.74. The monoisotopic (exact) mass is 248 g/mol. The predicted octanol–water partition coefficient (Wildman–Crippen LogP) is 1.79.